The smallest absolute Gasteiger partial charge is 0.360 e. The summed E-state index contributed by atoms with van der Waals surface area (Å²) in [6, 6.07) is 0. The number of piperazine rings is 1. The number of alkyl halides is 3. The Bertz CT molecular complexity index is 341. The van der Waals surface area contributed by atoms with Gasteiger partial charge in [-0.05, 0) is 7.05 Å². The van der Waals surface area contributed by atoms with Crippen LogP contribution in [0.2, 0.25) is 0 Å². The molecule has 6 heteroatoms. The fourth-order valence-electron chi connectivity index (χ4n) is 2.12. The van der Waals surface area contributed by atoms with Gasteiger partial charge in [0.15, 0.2) is 0 Å². The molecule has 2 aliphatic heterocycles. The summed E-state index contributed by atoms with van der Waals surface area (Å²) >= 11 is 0. The molecule has 0 N–H and O–H groups in total. The van der Waals surface area contributed by atoms with Crippen LogP contribution >= 0.6 is 0 Å². The van der Waals surface area contributed by atoms with E-state index in [0.29, 0.717) is 13.2 Å². The second kappa shape index (κ2) is 5.32. The highest BCUT2D eigenvalue weighted by atomic mass is 19.4. The predicted molar refractivity (Wildman–Crippen MR) is 63.9 cm³/mol. The summed E-state index contributed by atoms with van der Waals surface area (Å²) in [6.45, 7) is 4.88. The molecule has 0 aromatic heterocycles. The Hall–Kier alpha value is -1.01. The van der Waals surface area contributed by atoms with E-state index in [0.717, 1.165) is 32.3 Å². The first kappa shape index (κ1) is 13.4. The van der Waals surface area contributed by atoms with Crippen molar-refractivity contribution in [3.63, 3.8) is 0 Å². The monoisotopic (exact) mass is 261 g/mol. The van der Waals surface area contributed by atoms with Crippen molar-refractivity contribution >= 4 is 0 Å². The van der Waals surface area contributed by atoms with Gasteiger partial charge >= 0.3 is 6.18 Å². The Morgan fingerprint density at radius 2 is 1.83 bits per heavy atom. The lowest BCUT2D eigenvalue weighted by molar-refractivity contribution is -0.0898. The first-order chi connectivity index (χ1) is 8.45. The minimum Gasteiger partial charge on any atom is -0.360 e. The van der Waals surface area contributed by atoms with E-state index in [9.17, 15) is 13.2 Å². The molecule has 0 aliphatic carbocycles. The van der Waals surface area contributed by atoms with Gasteiger partial charge in [-0.25, -0.2) is 0 Å². The Morgan fingerprint density at radius 3 is 2.44 bits per heavy atom. The maximum Gasteiger partial charge on any atom is 0.417 e. The van der Waals surface area contributed by atoms with Crippen LogP contribution in [0.4, 0.5) is 13.2 Å². The number of halogens is 3. The predicted octanol–water partition coefficient (Wildman–Crippen LogP) is 1.51. The largest absolute Gasteiger partial charge is 0.417 e. The van der Waals surface area contributed by atoms with Crippen LogP contribution < -0.4 is 0 Å². The molecule has 0 aromatic carbocycles. The number of likely N-dealkylation sites (N-methyl/N-ethyl adjacent to an activating group) is 1. The Kier molecular flexibility index (Phi) is 3.97. The van der Waals surface area contributed by atoms with Gasteiger partial charge in [-0.2, -0.15) is 13.2 Å². The van der Waals surface area contributed by atoms with Gasteiger partial charge in [-0.1, -0.05) is 12.2 Å². The van der Waals surface area contributed by atoms with Crippen molar-refractivity contribution in [3.05, 3.63) is 23.9 Å². The topological polar surface area (TPSA) is 9.72 Å². The molecule has 0 radical (unpaired) electrons. The summed E-state index contributed by atoms with van der Waals surface area (Å²) in [5, 5.41) is 0. The van der Waals surface area contributed by atoms with E-state index in [1.54, 1.807) is 11.0 Å². The highest BCUT2D eigenvalue weighted by Gasteiger charge is 2.33. The van der Waals surface area contributed by atoms with Crippen molar-refractivity contribution in [3.8, 4) is 0 Å². The average Bonchev–Trinajstić information content (AvgIpc) is 2.31. The third kappa shape index (κ3) is 3.49. The van der Waals surface area contributed by atoms with E-state index >= 15 is 0 Å². The van der Waals surface area contributed by atoms with Crippen molar-refractivity contribution in [2.75, 3.05) is 46.4 Å². The third-order valence-corrected chi connectivity index (χ3v) is 3.26. The zero-order valence-corrected chi connectivity index (χ0v) is 10.5. The zero-order chi connectivity index (χ0) is 13.2. The molecule has 2 aliphatic rings. The molecule has 0 bridgehead atoms. The Balaban J connectivity index is 1.91. The van der Waals surface area contributed by atoms with Gasteiger partial charge in [-0.15, -0.1) is 0 Å². The summed E-state index contributed by atoms with van der Waals surface area (Å²) < 4.78 is 37.7. The van der Waals surface area contributed by atoms with E-state index in [4.69, 9.17) is 0 Å². The van der Waals surface area contributed by atoms with Gasteiger partial charge in [0.25, 0.3) is 0 Å². The standard InChI is InChI=1S/C12H18F3N3/c1-16-5-7-17(8-6-16)10-18-4-2-3-11(9-18)12(13,14)15/h2-3,9H,4-8,10H2,1H3. The number of hydrogen-bond donors (Lipinski definition) is 0. The molecule has 0 aromatic rings. The molecule has 1 saturated heterocycles. The molecule has 0 saturated carbocycles. The fourth-order valence-corrected chi connectivity index (χ4v) is 2.12. The third-order valence-electron chi connectivity index (χ3n) is 3.26. The van der Waals surface area contributed by atoms with Gasteiger partial charge in [-0.3, -0.25) is 4.90 Å². The Morgan fingerprint density at radius 1 is 1.17 bits per heavy atom. The van der Waals surface area contributed by atoms with E-state index < -0.39 is 11.7 Å². The zero-order valence-electron chi connectivity index (χ0n) is 10.5. The van der Waals surface area contributed by atoms with Crippen LogP contribution in [-0.2, 0) is 0 Å². The van der Waals surface area contributed by atoms with Crippen LogP contribution in [-0.4, -0.2) is 67.3 Å². The van der Waals surface area contributed by atoms with E-state index in [1.165, 1.54) is 6.20 Å². The maximum absolute atomic E-state index is 12.6. The Labute approximate surface area is 105 Å². The van der Waals surface area contributed by atoms with Gasteiger partial charge in [0.1, 0.15) is 0 Å². The van der Waals surface area contributed by atoms with Crippen LogP contribution in [0, 0.1) is 0 Å². The number of nitrogens with zero attached hydrogens (tertiary/aromatic N) is 3. The SMILES string of the molecule is CN1CCN(CN2C=C(C(F)(F)F)C=CC2)CC1. The molecule has 18 heavy (non-hydrogen) atoms. The molecular weight excluding hydrogens is 243 g/mol. The van der Waals surface area contributed by atoms with Gasteiger partial charge in [0, 0.05) is 38.9 Å². The molecule has 102 valence electrons. The van der Waals surface area contributed by atoms with Crippen LogP contribution in [0.1, 0.15) is 0 Å². The maximum atomic E-state index is 12.6. The van der Waals surface area contributed by atoms with E-state index in [2.05, 4.69) is 16.8 Å². The lowest BCUT2D eigenvalue weighted by Gasteiger charge is -2.36. The van der Waals surface area contributed by atoms with Crippen molar-refractivity contribution < 1.29 is 13.2 Å². The number of allylic oxidation sites excluding steroid dienone is 2. The van der Waals surface area contributed by atoms with Crippen LogP contribution in [0.5, 0.6) is 0 Å². The van der Waals surface area contributed by atoms with Crippen molar-refractivity contribution in [1.82, 2.24) is 14.7 Å². The van der Waals surface area contributed by atoms with E-state index in [1.807, 2.05) is 0 Å². The molecule has 0 atom stereocenters. The minimum absolute atomic E-state index is 0.548. The molecule has 0 spiro atoms. The molecule has 0 amide bonds. The van der Waals surface area contributed by atoms with Crippen molar-refractivity contribution in [2.45, 2.75) is 6.18 Å². The van der Waals surface area contributed by atoms with Crippen LogP contribution in [0.3, 0.4) is 0 Å². The van der Waals surface area contributed by atoms with Crippen molar-refractivity contribution in [2.24, 2.45) is 0 Å². The molecule has 2 heterocycles. The van der Waals surface area contributed by atoms with Crippen LogP contribution in [0.15, 0.2) is 23.9 Å². The second-order valence-corrected chi connectivity index (χ2v) is 4.82. The molecule has 1 fully saturated rings. The van der Waals surface area contributed by atoms with Crippen molar-refractivity contribution in [1.29, 1.82) is 0 Å². The lowest BCUT2D eigenvalue weighted by Crippen LogP contribution is -2.48. The minimum atomic E-state index is -4.25. The summed E-state index contributed by atoms with van der Waals surface area (Å²) in [6.07, 6.45) is -0.311. The fraction of sp³-hybridized carbons (Fsp3) is 0.667. The van der Waals surface area contributed by atoms with Gasteiger partial charge in [0.05, 0.1) is 12.2 Å². The first-order valence-electron chi connectivity index (χ1n) is 6.05. The average molecular weight is 261 g/mol. The summed E-state index contributed by atoms with van der Waals surface area (Å²) in [7, 11) is 2.06. The molecular formula is C12H18F3N3. The summed E-state index contributed by atoms with van der Waals surface area (Å²) in [4.78, 5) is 6.13. The highest BCUT2D eigenvalue weighted by molar-refractivity contribution is 5.26. The quantitative estimate of drug-likeness (QED) is 0.746. The summed E-state index contributed by atoms with van der Waals surface area (Å²) in [5.74, 6) is 0. The first-order valence-corrected chi connectivity index (χ1v) is 6.05. The van der Waals surface area contributed by atoms with Crippen LogP contribution in [0.25, 0.3) is 0 Å². The van der Waals surface area contributed by atoms with Gasteiger partial charge in [0.2, 0.25) is 0 Å². The molecule has 0 unspecified atom stereocenters. The number of hydrogen-bond acceptors (Lipinski definition) is 3. The highest BCUT2D eigenvalue weighted by Crippen LogP contribution is 2.28. The number of rotatable bonds is 2. The van der Waals surface area contributed by atoms with E-state index in [-0.39, 0.29) is 0 Å². The molecule has 2 rings (SSSR count). The summed E-state index contributed by atoms with van der Waals surface area (Å²) in [5.41, 5.74) is -0.567. The normalized spacial score (nSPS) is 23.3. The van der Waals surface area contributed by atoms with Gasteiger partial charge < -0.3 is 9.80 Å². The lowest BCUT2D eigenvalue weighted by atomic mass is 10.2. The molecule has 3 nitrogen and oxygen atoms in total. The second-order valence-electron chi connectivity index (χ2n) is 4.82.